The fourth-order valence-electron chi connectivity index (χ4n) is 2.75. The van der Waals surface area contributed by atoms with Gasteiger partial charge < -0.3 is 5.32 Å². The molecule has 0 radical (unpaired) electrons. The molecule has 7 nitrogen and oxygen atoms in total. The molecule has 1 N–H and O–H groups in total. The number of carbonyl (C=O) groups is 1. The second-order valence-corrected chi connectivity index (χ2v) is 8.02. The number of para-hydroxylation sites is 1. The van der Waals surface area contributed by atoms with Gasteiger partial charge in [0.1, 0.15) is 11.3 Å². The van der Waals surface area contributed by atoms with Gasteiger partial charge in [-0.2, -0.15) is 0 Å². The molecule has 3 aromatic heterocycles. The third-order valence-electron chi connectivity index (χ3n) is 4.05. The van der Waals surface area contributed by atoms with E-state index in [9.17, 15) is 4.79 Å². The smallest absolute Gasteiger partial charge is 0.265 e. The van der Waals surface area contributed by atoms with Crippen LogP contribution in [-0.2, 0) is 0 Å². The molecule has 0 bridgehead atoms. The Bertz CT molecular complexity index is 1240. The standard InChI is InChI=1S/C19H12N6OS2/c26-18(21-12-4-3-5-13(10-12)25-11-20-23-24-25)16-8-9-17(27-16)19-22-14-6-1-2-7-15(14)28-19/h1-11H,(H,21,26). The Morgan fingerprint density at radius 1 is 1.00 bits per heavy atom. The summed E-state index contributed by atoms with van der Waals surface area (Å²) in [5.74, 6) is -0.161. The predicted octanol–water partition coefficient (Wildman–Crippen LogP) is 4.25. The number of aromatic nitrogens is 5. The van der Waals surface area contributed by atoms with E-state index in [1.54, 1.807) is 11.3 Å². The van der Waals surface area contributed by atoms with Crippen molar-refractivity contribution in [3.8, 4) is 15.6 Å². The maximum absolute atomic E-state index is 12.7. The molecule has 0 aliphatic rings. The molecule has 0 atom stereocenters. The van der Waals surface area contributed by atoms with Gasteiger partial charge in [0.2, 0.25) is 0 Å². The Morgan fingerprint density at radius 3 is 2.79 bits per heavy atom. The number of carbonyl (C=O) groups excluding carboxylic acids is 1. The molecule has 136 valence electrons. The quantitative estimate of drug-likeness (QED) is 0.484. The summed E-state index contributed by atoms with van der Waals surface area (Å²) in [5.41, 5.74) is 2.42. The number of hydrogen-bond acceptors (Lipinski definition) is 7. The van der Waals surface area contributed by atoms with E-state index < -0.39 is 0 Å². The monoisotopic (exact) mass is 404 g/mol. The van der Waals surface area contributed by atoms with Crippen LogP contribution in [-0.4, -0.2) is 31.1 Å². The van der Waals surface area contributed by atoms with Gasteiger partial charge in [0.15, 0.2) is 0 Å². The molecule has 0 aliphatic heterocycles. The van der Waals surface area contributed by atoms with Crippen LogP contribution >= 0.6 is 22.7 Å². The highest BCUT2D eigenvalue weighted by Gasteiger charge is 2.14. The summed E-state index contributed by atoms with van der Waals surface area (Å²) < 4.78 is 2.67. The molecule has 0 saturated carbocycles. The van der Waals surface area contributed by atoms with E-state index >= 15 is 0 Å². The first-order valence-corrected chi connectivity index (χ1v) is 10.0. The van der Waals surface area contributed by atoms with Gasteiger partial charge in [0.05, 0.1) is 25.7 Å². The Hall–Kier alpha value is -3.43. The lowest BCUT2D eigenvalue weighted by Crippen LogP contribution is -2.10. The van der Waals surface area contributed by atoms with Crippen LogP contribution in [0.2, 0.25) is 0 Å². The molecule has 0 aliphatic carbocycles. The van der Waals surface area contributed by atoms with Gasteiger partial charge in [-0.05, 0) is 52.9 Å². The number of benzene rings is 2. The number of amides is 1. The van der Waals surface area contributed by atoms with Crippen LogP contribution in [0.4, 0.5) is 5.69 Å². The van der Waals surface area contributed by atoms with Gasteiger partial charge in [0, 0.05) is 5.69 Å². The van der Waals surface area contributed by atoms with Crippen LogP contribution in [0.1, 0.15) is 9.67 Å². The van der Waals surface area contributed by atoms with E-state index in [4.69, 9.17) is 0 Å². The van der Waals surface area contributed by atoms with Crippen molar-refractivity contribution in [2.45, 2.75) is 0 Å². The van der Waals surface area contributed by atoms with E-state index in [1.165, 1.54) is 22.3 Å². The Morgan fingerprint density at radius 2 is 1.93 bits per heavy atom. The Labute approximate surface area is 167 Å². The number of hydrogen-bond donors (Lipinski definition) is 1. The molecule has 0 unspecified atom stereocenters. The first-order chi connectivity index (χ1) is 13.8. The second-order valence-electron chi connectivity index (χ2n) is 5.91. The van der Waals surface area contributed by atoms with Crippen LogP contribution < -0.4 is 5.32 Å². The number of thiazole rings is 1. The van der Waals surface area contributed by atoms with Crippen molar-refractivity contribution in [1.82, 2.24) is 25.2 Å². The van der Waals surface area contributed by atoms with E-state index in [1.807, 2.05) is 54.6 Å². The molecule has 0 spiro atoms. The third-order valence-corrected chi connectivity index (χ3v) is 6.34. The van der Waals surface area contributed by atoms with E-state index in [2.05, 4.69) is 31.9 Å². The molecule has 5 rings (SSSR count). The number of thiophene rings is 1. The van der Waals surface area contributed by atoms with Crippen molar-refractivity contribution in [1.29, 1.82) is 0 Å². The number of anilines is 1. The Balaban J connectivity index is 1.37. The summed E-state index contributed by atoms with van der Waals surface area (Å²) in [6.07, 6.45) is 1.50. The van der Waals surface area contributed by atoms with Gasteiger partial charge in [-0.25, -0.2) is 9.67 Å². The topological polar surface area (TPSA) is 85.6 Å². The normalized spacial score (nSPS) is 11.0. The van der Waals surface area contributed by atoms with Gasteiger partial charge in [-0.15, -0.1) is 27.8 Å². The first kappa shape index (κ1) is 16.7. The first-order valence-electron chi connectivity index (χ1n) is 8.37. The van der Waals surface area contributed by atoms with Crippen LogP contribution in [0.25, 0.3) is 25.8 Å². The van der Waals surface area contributed by atoms with Crippen molar-refractivity contribution < 1.29 is 4.79 Å². The summed E-state index contributed by atoms with van der Waals surface area (Å²) in [4.78, 5) is 18.9. The van der Waals surface area contributed by atoms with Crippen LogP contribution in [0, 0.1) is 0 Å². The van der Waals surface area contributed by atoms with Crippen molar-refractivity contribution in [2.75, 3.05) is 5.32 Å². The molecular weight excluding hydrogens is 392 g/mol. The number of fused-ring (bicyclic) bond motifs is 1. The minimum atomic E-state index is -0.161. The van der Waals surface area contributed by atoms with Crippen molar-refractivity contribution >= 4 is 44.5 Å². The highest BCUT2D eigenvalue weighted by Crippen LogP contribution is 2.34. The second kappa shape index (κ2) is 6.95. The van der Waals surface area contributed by atoms with Gasteiger partial charge in [0.25, 0.3) is 5.91 Å². The minimum Gasteiger partial charge on any atom is -0.321 e. The molecule has 5 aromatic rings. The molecule has 3 heterocycles. The summed E-state index contributed by atoms with van der Waals surface area (Å²) >= 11 is 3.05. The van der Waals surface area contributed by atoms with Crippen LogP contribution in [0.15, 0.2) is 67.0 Å². The third kappa shape index (κ3) is 3.17. The van der Waals surface area contributed by atoms with Gasteiger partial charge >= 0.3 is 0 Å². The number of nitrogens with zero attached hydrogens (tertiary/aromatic N) is 5. The lowest BCUT2D eigenvalue weighted by Gasteiger charge is -2.05. The molecule has 1 amide bonds. The fraction of sp³-hybridized carbons (Fsp3) is 0. The number of tetrazole rings is 1. The zero-order valence-electron chi connectivity index (χ0n) is 14.3. The highest BCUT2D eigenvalue weighted by atomic mass is 32.1. The molecule has 0 fully saturated rings. The average Bonchev–Trinajstić information content (AvgIpc) is 3.48. The van der Waals surface area contributed by atoms with Gasteiger partial charge in [-0.1, -0.05) is 18.2 Å². The lowest BCUT2D eigenvalue weighted by atomic mass is 10.2. The maximum atomic E-state index is 12.7. The molecule has 9 heteroatoms. The number of rotatable bonds is 4. The van der Waals surface area contributed by atoms with E-state index in [0.717, 1.165) is 25.8 Å². The summed E-state index contributed by atoms with van der Waals surface area (Å²) in [6, 6.07) is 19.1. The minimum absolute atomic E-state index is 0.161. The molecule has 28 heavy (non-hydrogen) atoms. The lowest BCUT2D eigenvalue weighted by molar-refractivity contribution is 0.103. The van der Waals surface area contributed by atoms with Crippen LogP contribution in [0.3, 0.4) is 0 Å². The fourth-order valence-corrected chi connectivity index (χ4v) is 4.67. The zero-order valence-corrected chi connectivity index (χ0v) is 15.9. The summed E-state index contributed by atoms with van der Waals surface area (Å²) in [7, 11) is 0. The molecule has 2 aromatic carbocycles. The largest absolute Gasteiger partial charge is 0.321 e. The zero-order chi connectivity index (χ0) is 18.9. The number of nitrogens with one attached hydrogen (secondary N) is 1. The van der Waals surface area contributed by atoms with Crippen molar-refractivity contribution in [3.05, 3.63) is 71.9 Å². The summed E-state index contributed by atoms with van der Waals surface area (Å²) in [5, 5.41) is 15.0. The average molecular weight is 404 g/mol. The van der Waals surface area contributed by atoms with Gasteiger partial charge in [-0.3, -0.25) is 4.79 Å². The van der Waals surface area contributed by atoms with E-state index in [0.29, 0.717) is 10.6 Å². The van der Waals surface area contributed by atoms with E-state index in [-0.39, 0.29) is 5.91 Å². The van der Waals surface area contributed by atoms with Crippen molar-refractivity contribution in [3.63, 3.8) is 0 Å². The molecule has 0 saturated heterocycles. The molecular formula is C19H12N6OS2. The Kier molecular flexibility index (Phi) is 4.15. The summed E-state index contributed by atoms with van der Waals surface area (Å²) in [6.45, 7) is 0. The predicted molar refractivity (Wildman–Crippen MR) is 110 cm³/mol. The SMILES string of the molecule is O=C(Nc1cccc(-n2cnnn2)c1)c1ccc(-c2nc3ccccc3s2)s1. The maximum Gasteiger partial charge on any atom is 0.265 e. The van der Waals surface area contributed by atoms with Crippen LogP contribution in [0.5, 0.6) is 0 Å². The highest BCUT2D eigenvalue weighted by molar-refractivity contribution is 7.26. The van der Waals surface area contributed by atoms with Crippen molar-refractivity contribution in [2.24, 2.45) is 0 Å².